The second-order valence-corrected chi connectivity index (χ2v) is 3.18. The summed E-state index contributed by atoms with van der Waals surface area (Å²) < 4.78 is 4.94. The lowest BCUT2D eigenvalue weighted by Crippen LogP contribution is -2.20. The van der Waals surface area contributed by atoms with Crippen molar-refractivity contribution in [3.8, 4) is 5.88 Å². The third-order valence-corrected chi connectivity index (χ3v) is 2.01. The molecule has 1 N–H and O–H groups in total. The Morgan fingerprint density at radius 1 is 1.43 bits per heavy atom. The number of ether oxygens (including phenoxy) is 1. The molecule has 0 spiro atoms. The second kappa shape index (κ2) is 5.54. The molecule has 0 saturated heterocycles. The summed E-state index contributed by atoms with van der Waals surface area (Å²) in [7, 11) is 1.59. The van der Waals surface area contributed by atoms with Crippen LogP contribution in [0.25, 0.3) is 0 Å². The fraction of sp³-hybridized carbons (Fsp3) is 0.600. The summed E-state index contributed by atoms with van der Waals surface area (Å²) in [6.45, 7) is 5.21. The smallest absolute Gasteiger partial charge is 0.233 e. The first kappa shape index (κ1) is 10.9. The largest absolute Gasteiger partial charge is 0.480 e. The van der Waals surface area contributed by atoms with Crippen LogP contribution in [0.2, 0.25) is 0 Å². The van der Waals surface area contributed by atoms with E-state index in [1.54, 1.807) is 7.11 Å². The summed E-state index contributed by atoms with van der Waals surface area (Å²) in [5.74, 6) is 0.552. The van der Waals surface area contributed by atoms with Gasteiger partial charge in [0.2, 0.25) is 5.88 Å². The van der Waals surface area contributed by atoms with Gasteiger partial charge in [-0.2, -0.15) is 5.10 Å². The molecule has 0 aromatic carbocycles. The van der Waals surface area contributed by atoms with Gasteiger partial charge in [-0.05, 0) is 26.0 Å². The van der Waals surface area contributed by atoms with Gasteiger partial charge in [0.25, 0.3) is 0 Å². The lowest BCUT2D eigenvalue weighted by Gasteiger charge is -2.11. The third kappa shape index (κ3) is 2.96. The van der Waals surface area contributed by atoms with Crippen molar-refractivity contribution in [1.29, 1.82) is 0 Å². The molecule has 1 aromatic heterocycles. The second-order valence-electron chi connectivity index (χ2n) is 3.18. The van der Waals surface area contributed by atoms with Crippen LogP contribution in [0.5, 0.6) is 5.88 Å². The van der Waals surface area contributed by atoms with Crippen molar-refractivity contribution < 1.29 is 4.74 Å². The molecule has 0 aliphatic carbocycles. The zero-order valence-corrected chi connectivity index (χ0v) is 8.95. The molecule has 0 aliphatic rings. The Kier molecular flexibility index (Phi) is 4.32. The summed E-state index contributed by atoms with van der Waals surface area (Å²) in [4.78, 5) is 0. The Balaban J connectivity index is 2.57. The number of nitrogens with one attached hydrogen (secondary N) is 1. The summed E-state index contributed by atoms with van der Waals surface area (Å²) in [5.41, 5.74) is 0.944. The normalized spacial score (nSPS) is 12.5. The van der Waals surface area contributed by atoms with Gasteiger partial charge in [0.1, 0.15) is 0 Å². The lowest BCUT2D eigenvalue weighted by molar-refractivity contribution is 0.389. The number of hydrogen-bond donors (Lipinski definition) is 1. The Morgan fingerprint density at radius 2 is 2.21 bits per heavy atom. The minimum atomic E-state index is 0.244. The van der Waals surface area contributed by atoms with Gasteiger partial charge < -0.3 is 10.1 Å². The molecule has 0 saturated carbocycles. The van der Waals surface area contributed by atoms with Gasteiger partial charge in [0.05, 0.1) is 12.8 Å². The Labute approximate surface area is 84.7 Å². The van der Waals surface area contributed by atoms with Gasteiger partial charge in [-0.1, -0.05) is 6.92 Å². The van der Waals surface area contributed by atoms with Crippen LogP contribution < -0.4 is 10.1 Å². The maximum Gasteiger partial charge on any atom is 0.233 e. The molecule has 1 heterocycles. The molecule has 78 valence electrons. The van der Waals surface area contributed by atoms with E-state index in [2.05, 4.69) is 29.4 Å². The van der Waals surface area contributed by atoms with E-state index in [9.17, 15) is 0 Å². The molecule has 1 unspecified atom stereocenters. The maximum atomic E-state index is 4.94. The van der Waals surface area contributed by atoms with Gasteiger partial charge in [-0.25, -0.2) is 0 Å². The van der Waals surface area contributed by atoms with Crippen LogP contribution in [0.4, 0.5) is 0 Å². The van der Waals surface area contributed by atoms with E-state index in [0.717, 1.165) is 18.7 Å². The molecule has 0 amide bonds. The summed E-state index contributed by atoms with van der Waals surface area (Å²) in [6.07, 6.45) is 1.12. The Bertz CT molecular complexity index is 261. The molecule has 1 atom stereocenters. The van der Waals surface area contributed by atoms with E-state index >= 15 is 0 Å². The topological polar surface area (TPSA) is 47.0 Å². The Hall–Kier alpha value is -1.16. The number of nitrogens with zero attached hydrogens (tertiary/aromatic N) is 2. The summed E-state index contributed by atoms with van der Waals surface area (Å²) in [5, 5.41) is 11.3. The molecule has 4 heteroatoms. The van der Waals surface area contributed by atoms with Crippen LogP contribution in [-0.2, 0) is 0 Å². The average molecular weight is 195 g/mol. The quantitative estimate of drug-likeness (QED) is 0.774. The van der Waals surface area contributed by atoms with Crippen LogP contribution in [0, 0.1) is 0 Å². The number of rotatable bonds is 5. The zero-order chi connectivity index (χ0) is 10.4. The molecule has 0 radical (unpaired) electrons. The van der Waals surface area contributed by atoms with Crippen LogP contribution in [0.3, 0.4) is 0 Å². The first-order valence-corrected chi connectivity index (χ1v) is 4.89. The van der Waals surface area contributed by atoms with Crippen molar-refractivity contribution in [2.75, 3.05) is 13.7 Å². The molecular formula is C10H17N3O. The SMILES string of the molecule is CCCNC(C)c1ccc(OC)nn1. The highest BCUT2D eigenvalue weighted by molar-refractivity contribution is 5.13. The minimum Gasteiger partial charge on any atom is -0.480 e. The van der Waals surface area contributed by atoms with E-state index < -0.39 is 0 Å². The average Bonchev–Trinajstić information content (AvgIpc) is 2.26. The first-order valence-electron chi connectivity index (χ1n) is 4.89. The molecule has 14 heavy (non-hydrogen) atoms. The molecule has 4 nitrogen and oxygen atoms in total. The number of hydrogen-bond acceptors (Lipinski definition) is 4. The number of aromatic nitrogens is 2. The van der Waals surface area contributed by atoms with Crippen molar-refractivity contribution in [2.45, 2.75) is 26.3 Å². The fourth-order valence-electron chi connectivity index (χ4n) is 1.14. The maximum absolute atomic E-state index is 4.94. The van der Waals surface area contributed by atoms with Gasteiger partial charge in [0, 0.05) is 12.1 Å². The summed E-state index contributed by atoms with van der Waals surface area (Å²) in [6, 6.07) is 4.00. The minimum absolute atomic E-state index is 0.244. The third-order valence-electron chi connectivity index (χ3n) is 2.01. The molecule has 0 fully saturated rings. The van der Waals surface area contributed by atoms with Crippen LogP contribution in [0.15, 0.2) is 12.1 Å². The molecule has 1 rings (SSSR count). The molecule has 1 aromatic rings. The monoisotopic (exact) mass is 195 g/mol. The van der Waals surface area contributed by atoms with Crippen molar-refractivity contribution >= 4 is 0 Å². The highest BCUT2D eigenvalue weighted by atomic mass is 16.5. The predicted octanol–water partition coefficient (Wildman–Crippen LogP) is 1.55. The van der Waals surface area contributed by atoms with Crippen molar-refractivity contribution in [2.24, 2.45) is 0 Å². The molecule has 0 aliphatic heterocycles. The van der Waals surface area contributed by atoms with Crippen LogP contribution in [0.1, 0.15) is 32.0 Å². The van der Waals surface area contributed by atoms with E-state index in [1.165, 1.54) is 0 Å². The van der Waals surface area contributed by atoms with Crippen molar-refractivity contribution in [1.82, 2.24) is 15.5 Å². The standard InChI is InChI=1S/C10H17N3O/c1-4-7-11-8(2)9-5-6-10(14-3)13-12-9/h5-6,8,11H,4,7H2,1-3H3. The van der Waals surface area contributed by atoms with Crippen molar-refractivity contribution in [3.05, 3.63) is 17.8 Å². The van der Waals surface area contributed by atoms with Gasteiger partial charge >= 0.3 is 0 Å². The zero-order valence-electron chi connectivity index (χ0n) is 8.95. The van der Waals surface area contributed by atoms with Crippen molar-refractivity contribution in [3.63, 3.8) is 0 Å². The fourth-order valence-corrected chi connectivity index (χ4v) is 1.14. The highest BCUT2D eigenvalue weighted by Crippen LogP contribution is 2.10. The molecular weight excluding hydrogens is 178 g/mol. The van der Waals surface area contributed by atoms with Gasteiger partial charge in [0.15, 0.2) is 0 Å². The molecule has 0 bridgehead atoms. The van der Waals surface area contributed by atoms with Crippen LogP contribution in [-0.4, -0.2) is 23.9 Å². The Morgan fingerprint density at radius 3 is 2.71 bits per heavy atom. The van der Waals surface area contributed by atoms with E-state index in [-0.39, 0.29) is 6.04 Å². The highest BCUT2D eigenvalue weighted by Gasteiger charge is 2.05. The van der Waals surface area contributed by atoms with Crippen LogP contribution >= 0.6 is 0 Å². The van der Waals surface area contributed by atoms with E-state index in [1.807, 2.05) is 12.1 Å². The predicted molar refractivity (Wildman–Crippen MR) is 55.3 cm³/mol. The summed E-state index contributed by atoms with van der Waals surface area (Å²) >= 11 is 0. The van der Waals surface area contributed by atoms with E-state index in [4.69, 9.17) is 4.74 Å². The number of methoxy groups -OCH3 is 1. The first-order chi connectivity index (χ1) is 6.77. The lowest BCUT2D eigenvalue weighted by atomic mass is 10.2. The van der Waals surface area contributed by atoms with Gasteiger partial charge in [-0.3, -0.25) is 0 Å². The van der Waals surface area contributed by atoms with Gasteiger partial charge in [-0.15, -0.1) is 5.10 Å². The van der Waals surface area contributed by atoms with E-state index in [0.29, 0.717) is 5.88 Å².